The van der Waals surface area contributed by atoms with Crippen LogP contribution in [0.1, 0.15) is 13.8 Å². The van der Waals surface area contributed by atoms with E-state index in [0.717, 1.165) is 0 Å². The van der Waals surface area contributed by atoms with Crippen LogP contribution in [-0.4, -0.2) is 119 Å². The molecule has 0 aliphatic carbocycles. The molecule has 0 spiro atoms. The van der Waals surface area contributed by atoms with Gasteiger partial charge in [0.2, 0.25) is 11.8 Å². The molecule has 0 bridgehead atoms. The molecule has 0 aromatic carbocycles. The molecule has 0 saturated carbocycles. The van der Waals surface area contributed by atoms with Crippen LogP contribution in [0, 0.1) is 0 Å². The van der Waals surface area contributed by atoms with Crippen LogP contribution in [0.4, 0.5) is 0 Å². The number of hydrogen-bond acceptors (Lipinski definition) is 6. The zero-order chi connectivity index (χ0) is 23.2. The van der Waals surface area contributed by atoms with Gasteiger partial charge in [0.1, 0.15) is 0 Å². The molecule has 1 fully saturated rings. The summed E-state index contributed by atoms with van der Waals surface area (Å²) >= 11 is 0. The van der Waals surface area contributed by atoms with Gasteiger partial charge in [-0.05, 0) is 13.8 Å². The minimum atomic E-state index is -1.02. The van der Waals surface area contributed by atoms with Gasteiger partial charge >= 0.3 is 11.8 Å². The lowest BCUT2D eigenvalue weighted by atomic mass is 10.2. The van der Waals surface area contributed by atoms with Crippen molar-refractivity contribution in [3.05, 3.63) is 24.3 Å². The number of rotatable bonds is 10. The average Bonchev–Trinajstić information content (AvgIpc) is 2.65. The predicted molar refractivity (Wildman–Crippen MR) is 110 cm³/mol. The van der Waals surface area contributed by atoms with Gasteiger partial charge < -0.3 is 29.8 Å². The quantitative estimate of drug-likeness (QED) is 0.323. The van der Waals surface area contributed by atoms with Gasteiger partial charge in [-0.3, -0.25) is 19.2 Å². The smallest absolute Gasteiger partial charge is 0.312 e. The second-order valence-corrected chi connectivity index (χ2v) is 7.74. The standard InChI is InChI=1S/C20H32N4O6/c1-13(2)17(27)21(5)9-15(25)11-23-7-8-24(20(30)19(23)29)12-16(26)10-22(6)18(28)14(3)4/h15-16,25-26H,1,3,7-12H2,2,4-6H3. The highest BCUT2D eigenvalue weighted by molar-refractivity contribution is 6.35. The lowest BCUT2D eigenvalue weighted by Gasteiger charge is -2.36. The average molecular weight is 424 g/mol. The fourth-order valence-corrected chi connectivity index (χ4v) is 3.14. The maximum Gasteiger partial charge on any atom is 0.312 e. The van der Waals surface area contributed by atoms with E-state index in [0.29, 0.717) is 11.1 Å². The van der Waals surface area contributed by atoms with E-state index in [1.54, 1.807) is 13.8 Å². The number of β-amino-alcohol motifs (C(OH)–C–C–N with tert-alkyl or cyclic N) is 2. The van der Waals surface area contributed by atoms with Crippen molar-refractivity contribution in [3.8, 4) is 0 Å². The molecule has 0 aromatic heterocycles. The molecule has 1 saturated heterocycles. The third-order valence-electron chi connectivity index (χ3n) is 4.65. The van der Waals surface area contributed by atoms with Gasteiger partial charge in [-0.2, -0.15) is 0 Å². The summed E-state index contributed by atoms with van der Waals surface area (Å²) in [5, 5.41) is 20.4. The van der Waals surface area contributed by atoms with Crippen LogP contribution in [-0.2, 0) is 19.2 Å². The van der Waals surface area contributed by atoms with Crippen molar-refractivity contribution < 1.29 is 29.4 Å². The predicted octanol–water partition coefficient (Wildman–Crippen LogP) is -1.55. The van der Waals surface area contributed by atoms with Crippen molar-refractivity contribution in [2.24, 2.45) is 0 Å². The molecule has 4 amide bonds. The van der Waals surface area contributed by atoms with E-state index in [2.05, 4.69) is 13.2 Å². The fraction of sp³-hybridized carbons (Fsp3) is 0.600. The van der Waals surface area contributed by atoms with Crippen LogP contribution >= 0.6 is 0 Å². The normalized spacial score (nSPS) is 16.2. The molecule has 30 heavy (non-hydrogen) atoms. The van der Waals surface area contributed by atoms with E-state index in [1.165, 1.54) is 33.7 Å². The summed E-state index contributed by atoms with van der Waals surface area (Å²) in [4.78, 5) is 53.4. The Labute approximate surface area is 177 Å². The molecule has 0 aromatic rings. The van der Waals surface area contributed by atoms with Crippen LogP contribution in [0.25, 0.3) is 0 Å². The Balaban J connectivity index is 2.57. The Morgan fingerprint density at radius 3 is 1.43 bits per heavy atom. The largest absolute Gasteiger partial charge is 0.389 e. The number of aliphatic hydroxyl groups is 2. The van der Waals surface area contributed by atoms with Crippen LogP contribution in [0.3, 0.4) is 0 Å². The number of piperazine rings is 1. The first-order valence-electron chi connectivity index (χ1n) is 9.61. The van der Waals surface area contributed by atoms with Crippen molar-refractivity contribution in [2.75, 3.05) is 53.4 Å². The summed E-state index contributed by atoms with van der Waals surface area (Å²) in [5.41, 5.74) is 0.664. The van der Waals surface area contributed by atoms with Gasteiger partial charge in [-0.15, -0.1) is 0 Å². The minimum Gasteiger partial charge on any atom is -0.389 e. The zero-order valence-electron chi connectivity index (χ0n) is 18.1. The van der Waals surface area contributed by atoms with E-state index in [9.17, 15) is 29.4 Å². The summed E-state index contributed by atoms with van der Waals surface area (Å²) in [6.07, 6.45) is -2.04. The van der Waals surface area contributed by atoms with Crippen LogP contribution in [0.15, 0.2) is 24.3 Å². The summed E-state index contributed by atoms with van der Waals surface area (Å²) in [6.45, 7) is 10.4. The number of carbonyl (C=O) groups is 4. The topological polar surface area (TPSA) is 122 Å². The van der Waals surface area contributed by atoms with Crippen LogP contribution < -0.4 is 0 Å². The summed E-state index contributed by atoms with van der Waals surface area (Å²) < 4.78 is 0. The number of hydrogen-bond donors (Lipinski definition) is 2. The summed E-state index contributed by atoms with van der Waals surface area (Å²) in [7, 11) is 3.03. The Morgan fingerprint density at radius 2 is 1.17 bits per heavy atom. The lowest BCUT2D eigenvalue weighted by Crippen LogP contribution is -2.58. The van der Waals surface area contributed by atoms with Crippen LogP contribution in [0.5, 0.6) is 0 Å². The molecule has 2 N–H and O–H groups in total. The first-order chi connectivity index (χ1) is 13.8. The van der Waals surface area contributed by atoms with Crippen molar-refractivity contribution in [1.82, 2.24) is 19.6 Å². The number of carbonyl (C=O) groups excluding carboxylic acids is 4. The zero-order valence-corrected chi connectivity index (χ0v) is 18.1. The maximum absolute atomic E-state index is 12.4. The Bertz CT molecular complexity index is 662. The second kappa shape index (κ2) is 10.9. The lowest BCUT2D eigenvalue weighted by molar-refractivity contribution is -0.158. The molecule has 1 aliphatic rings. The maximum atomic E-state index is 12.4. The first-order valence-corrected chi connectivity index (χ1v) is 9.61. The number of aliphatic hydroxyl groups excluding tert-OH is 2. The first kappa shape index (κ1) is 25.3. The second-order valence-electron chi connectivity index (χ2n) is 7.74. The van der Waals surface area contributed by atoms with E-state index < -0.39 is 24.0 Å². The highest BCUT2D eigenvalue weighted by Gasteiger charge is 2.34. The minimum absolute atomic E-state index is 0.00479. The molecule has 1 heterocycles. The molecule has 2 atom stereocenters. The van der Waals surface area contributed by atoms with Crippen molar-refractivity contribution in [3.63, 3.8) is 0 Å². The molecule has 0 radical (unpaired) electrons. The SMILES string of the molecule is C=C(C)C(=O)N(C)CC(O)CN1CCN(CC(O)CN(C)C(=O)C(=C)C)C(=O)C1=O. The Morgan fingerprint density at radius 1 is 0.867 bits per heavy atom. The third kappa shape index (κ3) is 6.96. The van der Waals surface area contributed by atoms with Gasteiger partial charge in [0.25, 0.3) is 0 Å². The van der Waals surface area contributed by atoms with E-state index in [-0.39, 0.29) is 51.1 Å². The molecule has 2 unspecified atom stereocenters. The third-order valence-corrected chi connectivity index (χ3v) is 4.65. The number of likely N-dealkylation sites (N-methyl/N-ethyl adjacent to an activating group) is 2. The van der Waals surface area contributed by atoms with Gasteiger partial charge in [-0.25, -0.2) is 0 Å². The van der Waals surface area contributed by atoms with Crippen molar-refractivity contribution >= 4 is 23.6 Å². The molecule has 10 nitrogen and oxygen atoms in total. The van der Waals surface area contributed by atoms with E-state index in [1.807, 2.05) is 0 Å². The van der Waals surface area contributed by atoms with Crippen molar-refractivity contribution in [2.45, 2.75) is 26.1 Å². The molecular weight excluding hydrogens is 392 g/mol. The summed E-state index contributed by atoms with van der Waals surface area (Å²) in [5.74, 6) is -2.20. The highest BCUT2D eigenvalue weighted by atomic mass is 16.3. The number of nitrogens with zero attached hydrogens (tertiary/aromatic N) is 4. The Hall–Kier alpha value is -2.72. The monoisotopic (exact) mass is 424 g/mol. The van der Waals surface area contributed by atoms with Gasteiger partial charge in [0.05, 0.1) is 12.2 Å². The van der Waals surface area contributed by atoms with E-state index in [4.69, 9.17) is 0 Å². The van der Waals surface area contributed by atoms with Gasteiger partial charge in [0, 0.05) is 64.5 Å². The molecule has 1 rings (SSSR count). The molecule has 1 aliphatic heterocycles. The van der Waals surface area contributed by atoms with Crippen molar-refractivity contribution in [1.29, 1.82) is 0 Å². The van der Waals surface area contributed by atoms with E-state index >= 15 is 0 Å². The Kier molecular flexibility index (Phi) is 9.19. The number of amides is 4. The van der Waals surface area contributed by atoms with Crippen LogP contribution in [0.2, 0.25) is 0 Å². The van der Waals surface area contributed by atoms with Gasteiger partial charge in [0.15, 0.2) is 0 Å². The summed E-state index contributed by atoms with van der Waals surface area (Å²) in [6, 6.07) is 0. The molecule has 168 valence electrons. The molecular formula is C20H32N4O6. The fourth-order valence-electron chi connectivity index (χ4n) is 3.14. The van der Waals surface area contributed by atoms with Gasteiger partial charge in [-0.1, -0.05) is 13.2 Å². The highest BCUT2D eigenvalue weighted by Crippen LogP contribution is 2.09. The molecule has 10 heteroatoms.